The molecule has 5 nitrogen and oxygen atoms in total. The molecule has 32 heavy (non-hydrogen) atoms. The molecule has 0 atom stereocenters. The highest BCUT2D eigenvalue weighted by Crippen LogP contribution is 2.32. The molecule has 3 aromatic rings. The first-order valence-electron chi connectivity index (χ1n) is 10.0. The number of carbonyl (C=O) groups is 1. The van der Waals surface area contributed by atoms with E-state index >= 15 is 0 Å². The van der Waals surface area contributed by atoms with Gasteiger partial charge in [0.2, 0.25) is 0 Å². The summed E-state index contributed by atoms with van der Waals surface area (Å²) in [6.07, 6.45) is 0.903. The third-order valence-electron chi connectivity index (χ3n) is 5.46. The number of rotatable bonds is 6. The zero-order chi connectivity index (χ0) is 22.9. The topological polar surface area (TPSA) is 63.7 Å². The van der Waals surface area contributed by atoms with Crippen molar-refractivity contribution >= 4 is 15.7 Å². The highest BCUT2D eigenvalue weighted by Gasteiger charge is 2.27. The number of benzene rings is 3. The van der Waals surface area contributed by atoms with Gasteiger partial charge in [-0.1, -0.05) is 30.3 Å². The van der Waals surface area contributed by atoms with Crippen LogP contribution in [0.2, 0.25) is 0 Å². The third kappa shape index (κ3) is 4.23. The van der Waals surface area contributed by atoms with Crippen LogP contribution in [-0.4, -0.2) is 39.4 Å². The Morgan fingerprint density at radius 3 is 2.34 bits per heavy atom. The van der Waals surface area contributed by atoms with Gasteiger partial charge >= 0.3 is 0 Å². The summed E-state index contributed by atoms with van der Waals surface area (Å²) in [7, 11) is -2.80. The number of halogens is 2. The smallest absolute Gasteiger partial charge is 0.253 e. The Labute approximate surface area is 185 Å². The average Bonchev–Trinajstić information content (AvgIpc) is 2.74. The van der Waals surface area contributed by atoms with E-state index in [1.807, 2.05) is 0 Å². The highest BCUT2D eigenvalue weighted by atomic mass is 32.2. The second-order valence-electron chi connectivity index (χ2n) is 7.56. The van der Waals surface area contributed by atoms with Gasteiger partial charge in [0.25, 0.3) is 5.91 Å². The van der Waals surface area contributed by atoms with Gasteiger partial charge in [-0.3, -0.25) is 4.79 Å². The minimum Gasteiger partial charge on any atom is -0.495 e. The molecule has 166 valence electrons. The molecule has 0 radical (unpaired) electrons. The summed E-state index contributed by atoms with van der Waals surface area (Å²) in [5.41, 5.74) is 0.648. The SMILES string of the molecule is COc1ccc(C(=O)N2CCC2)cc1S(=O)(=O)Cc1cc(-c2ccccc2)c(F)cc1F. The van der Waals surface area contributed by atoms with Crippen LogP contribution in [0.5, 0.6) is 5.75 Å². The molecule has 1 aliphatic rings. The van der Waals surface area contributed by atoms with Crippen molar-refractivity contribution < 1.29 is 26.7 Å². The monoisotopic (exact) mass is 457 g/mol. The summed E-state index contributed by atoms with van der Waals surface area (Å²) in [5.74, 6) is -2.67. The van der Waals surface area contributed by atoms with Gasteiger partial charge in [0.1, 0.15) is 22.3 Å². The van der Waals surface area contributed by atoms with E-state index in [2.05, 4.69) is 0 Å². The molecular formula is C24H21F2NO4S. The lowest BCUT2D eigenvalue weighted by atomic mass is 10.0. The second kappa shape index (κ2) is 8.70. The van der Waals surface area contributed by atoms with E-state index in [0.29, 0.717) is 24.7 Å². The van der Waals surface area contributed by atoms with E-state index < -0.39 is 27.2 Å². The lowest BCUT2D eigenvalue weighted by Gasteiger charge is -2.31. The predicted octanol–water partition coefficient (Wildman–Crippen LogP) is 4.46. The van der Waals surface area contributed by atoms with Crippen LogP contribution in [0.25, 0.3) is 11.1 Å². The van der Waals surface area contributed by atoms with Crippen molar-refractivity contribution in [2.75, 3.05) is 20.2 Å². The Morgan fingerprint density at radius 1 is 1.00 bits per heavy atom. The number of sulfone groups is 1. The average molecular weight is 457 g/mol. The van der Waals surface area contributed by atoms with Crippen LogP contribution in [0.1, 0.15) is 22.3 Å². The molecule has 0 saturated carbocycles. The first-order valence-corrected chi connectivity index (χ1v) is 11.7. The van der Waals surface area contributed by atoms with E-state index in [1.54, 1.807) is 35.2 Å². The lowest BCUT2D eigenvalue weighted by Crippen LogP contribution is -2.42. The normalized spacial score (nSPS) is 13.5. The number of ether oxygens (including phenoxy) is 1. The van der Waals surface area contributed by atoms with Crippen molar-refractivity contribution in [3.63, 3.8) is 0 Å². The summed E-state index contributed by atoms with van der Waals surface area (Å²) < 4.78 is 60.6. The zero-order valence-corrected chi connectivity index (χ0v) is 18.2. The minimum atomic E-state index is -4.12. The fraction of sp³-hybridized carbons (Fsp3) is 0.208. The maximum absolute atomic E-state index is 14.5. The minimum absolute atomic E-state index is 0.0518. The van der Waals surface area contributed by atoms with Crippen LogP contribution >= 0.6 is 0 Å². The summed E-state index contributed by atoms with van der Waals surface area (Å²) in [5, 5.41) is 0. The van der Waals surface area contributed by atoms with Gasteiger partial charge in [-0.2, -0.15) is 0 Å². The maximum atomic E-state index is 14.5. The summed E-state index contributed by atoms with van der Waals surface area (Å²) >= 11 is 0. The molecule has 8 heteroatoms. The Balaban J connectivity index is 1.72. The van der Waals surface area contributed by atoms with E-state index in [-0.39, 0.29) is 33.2 Å². The molecule has 0 spiro atoms. The number of amides is 1. The molecule has 0 unspecified atom stereocenters. The molecule has 1 amide bonds. The van der Waals surface area contributed by atoms with Crippen LogP contribution in [0.4, 0.5) is 8.78 Å². The van der Waals surface area contributed by atoms with Crippen molar-refractivity contribution in [1.82, 2.24) is 4.90 Å². The van der Waals surface area contributed by atoms with Crippen LogP contribution in [0.15, 0.2) is 65.6 Å². The molecule has 1 heterocycles. The van der Waals surface area contributed by atoms with Crippen molar-refractivity contribution in [2.45, 2.75) is 17.1 Å². The molecule has 3 aromatic carbocycles. The standard InChI is InChI=1S/C24H21F2NO4S/c1-31-22-9-8-17(24(28)27-10-5-11-27)13-23(22)32(29,30)15-18-12-19(21(26)14-20(18)25)16-6-3-2-4-7-16/h2-4,6-9,12-14H,5,10-11,15H2,1H3. The summed E-state index contributed by atoms with van der Waals surface area (Å²) in [6, 6.07) is 14.6. The van der Waals surface area contributed by atoms with Crippen LogP contribution in [0.3, 0.4) is 0 Å². The highest BCUT2D eigenvalue weighted by molar-refractivity contribution is 7.90. The summed E-state index contributed by atoms with van der Waals surface area (Å²) in [4.78, 5) is 13.9. The number of carbonyl (C=O) groups excluding carboxylic acids is 1. The molecule has 0 aromatic heterocycles. The van der Waals surface area contributed by atoms with Crippen LogP contribution in [0, 0.1) is 11.6 Å². The number of methoxy groups -OCH3 is 1. The fourth-order valence-electron chi connectivity index (χ4n) is 3.58. The van der Waals surface area contributed by atoms with Gasteiger partial charge in [-0.15, -0.1) is 0 Å². The molecular weight excluding hydrogens is 436 g/mol. The third-order valence-corrected chi connectivity index (χ3v) is 7.14. The van der Waals surface area contributed by atoms with Crippen molar-refractivity contribution in [3.05, 3.63) is 83.4 Å². The molecule has 0 N–H and O–H groups in total. The van der Waals surface area contributed by atoms with Gasteiger partial charge in [-0.25, -0.2) is 17.2 Å². The van der Waals surface area contributed by atoms with Gasteiger partial charge in [-0.05, 0) is 36.2 Å². The first-order chi connectivity index (χ1) is 15.3. The summed E-state index contributed by atoms with van der Waals surface area (Å²) in [6.45, 7) is 1.24. The van der Waals surface area contributed by atoms with Gasteiger partial charge in [0.15, 0.2) is 9.84 Å². The van der Waals surface area contributed by atoms with E-state index in [9.17, 15) is 22.0 Å². The Morgan fingerprint density at radius 2 is 1.72 bits per heavy atom. The number of hydrogen-bond acceptors (Lipinski definition) is 4. The zero-order valence-electron chi connectivity index (χ0n) is 17.3. The molecule has 4 rings (SSSR count). The second-order valence-corrected chi connectivity index (χ2v) is 9.52. The number of likely N-dealkylation sites (tertiary alicyclic amines) is 1. The van der Waals surface area contributed by atoms with Gasteiger partial charge in [0.05, 0.1) is 12.9 Å². The van der Waals surface area contributed by atoms with E-state index in [1.165, 1.54) is 31.4 Å². The van der Waals surface area contributed by atoms with E-state index in [4.69, 9.17) is 4.74 Å². The number of nitrogens with zero attached hydrogens (tertiary/aromatic N) is 1. The van der Waals surface area contributed by atoms with Crippen LogP contribution < -0.4 is 4.74 Å². The number of hydrogen-bond donors (Lipinski definition) is 0. The van der Waals surface area contributed by atoms with Gasteiger partial charge in [0, 0.05) is 35.8 Å². The lowest BCUT2D eigenvalue weighted by molar-refractivity contribution is 0.0651. The molecule has 1 aliphatic heterocycles. The molecule has 1 fully saturated rings. The van der Waals surface area contributed by atoms with Crippen molar-refractivity contribution in [2.24, 2.45) is 0 Å². The van der Waals surface area contributed by atoms with Crippen molar-refractivity contribution in [3.8, 4) is 16.9 Å². The largest absolute Gasteiger partial charge is 0.495 e. The maximum Gasteiger partial charge on any atom is 0.253 e. The first kappa shape index (κ1) is 22.0. The van der Waals surface area contributed by atoms with Gasteiger partial charge < -0.3 is 9.64 Å². The predicted molar refractivity (Wildman–Crippen MR) is 116 cm³/mol. The Bertz CT molecular complexity index is 1270. The quantitative estimate of drug-likeness (QED) is 0.548. The Kier molecular flexibility index (Phi) is 5.97. The Hall–Kier alpha value is -3.26. The van der Waals surface area contributed by atoms with Crippen LogP contribution in [-0.2, 0) is 15.6 Å². The van der Waals surface area contributed by atoms with E-state index in [0.717, 1.165) is 6.42 Å². The fourth-order valence-corrected chi connectivity index (χ4v) is 5.13. The molecule has 0 aliphatic carbocycles. The molecule has 0 bridgehead atoms. The van der Waals surface area contributed by atoms with Crippen molar-refractivity contribution in [1.29, 1.82) is 0 Å². The molecule has 1 saturated heterocycles.